The maximum Gasteiger partial charge on any atom is 0.0140 e. The summed E-state index contributed by atoms with van der Waals surface area (Å²) in [6, 6.07) is 0. The van der Waals surface area contributed by atoms with E-state index in [2.05, 4.69) is 13.8 Å². The normalized spacial score (nSPS) is 10.7. The van der Waals surface area contributed by atoms with Crippen molar-refractivity contribution in [1.82, 2.24) is 10.0 Å². The van der Waals surface area contributed by atoms with Crippen molar-refractivity contribution < 1.29 is 0 Å². The van der Waals surface area contributed by atoms with E-state index < -0.39 is 0 Å². The Labute approximate surface area is 113 Å². The lowest BCUT2D eigenvalue weighted by Crippen LogP contribution is -2.33. The van der Waals surface area contributed by atoms with E-state index in [4.69, 9.17) is 23.2 Å². The van der Waals surface area contributed by atoms with Gasteiger partial charge >= 0.3 is 0 Å². The largest absolute Gasteiger partial charge is 0.330 e. The van der Waals surface area contributed by atoms with Crippen LogP contribution >= 0.6 is 0 Å². The minimum Gasteiger partial charge on any atom is -0.330 e. The van der Waals surface area contributed by atoms with Crippen molar-refractivity contribution in [3.05, 3.63) is 0 Å². The van der Waals surface area contributed by atoms with Crippen molar-refractivity contribution in [1.29, 1.82) is 0 Å². The molecule has 0 radical (unpaired) electrons. The van der Waals surface area contributed by atoms with Gasteiger partial charge < -0.3 is 11.5 Å². The number of nitrogens with two attached hydrogens (primary N) is 4. The second-order valence-electron chi connectivity index (χ2n) is 4.36. The van der Waals surface area contributed by atoms with E-state index in [0.29, 0.717) is 0 Å². The molecule has 0 aromatic rings. The molecule has 0 unspecified atom stereocenters. The van der Waals surface area contributed by atoms with Crippen LogP contribution in [0.3, 0.4) is 0 Å². The highest BCUT2D eigenvalue weighted by molar-refractivity contribution is 4.47. The molecule has 0 saturated carbocycles. The van der Waals surface area contributed by atoms with Crippen LogP contribution < -0.4 is 23.2 Å². The molecule has 0 amide bonds. The fourth-order valence-electron chi connectivity index (χ4n) is 1.39. The van der Waals surface area contributed by atoms with E-state index in [1.807, 2.05) is 10.0 Å². The first-order valence-corrected chi connectivity index (χ1v) is 7.01. The minimum atomic E-state index is 0.734. The fourth-order valence-corrected chi connectivity index (χ4v) is 1.39. The molecule has 0 saturated heterocycles. The highest BCUT2D eigenvalue weighted by Crippen LogP contribution is 1.84. The summed E-state index contributed by atoms with van der Waals surface area (Å²) in [6.07, 6.45) is 4.22. The molecular formula is C12H34N6. The molecule has 0 bridgehead atoms. The van der Waals surface area contributed by atoms with Crippen LogP contribution in [0.5, 0.6) is 0 Å². The van der Waals surface area contributed by atoms with Crippen molar-refractivity contribution in [2.24, 2.45) is 23.2 Å². The molecule has 0 heterocycles. The molecule has 0 aliphatic carbocycles. The van der Waals surface area contributed by atoms with Crippen LogP contribution in [0.1, 0.15) is 39.5 Å². The summed E-state index contributed by atoms with van der Waals surface area (Å²) in [7, 11) is 0. The molecule has 18 heavy (non-hydrogen) atoms. The van der Waals surface area contributed by atoms with Gasteiger partial charge in [0.1, 0.15) is 0 Å². The maximum absolute atomic E-state index is 5.55. The highest BCUT2D eigenvalue weighted by atomic mass is 15.4. The Kier molecular flexibility index (Phi) is 18.7. The van der Waals surface area contributed by atoms with E-state index in [0.717, 1.165) is 65.0 Å². The van der Waals surface area contributed by atoms with E-state index >= 15 is 0 Å². The lowest BCUT2D eigenvalue weighted by Gasteiger charge is -2.13. The van der Waals surface area contributed by atoms with Gasteiger partial charge in [-0.05, 0) is 38.8 Å². The van der Waals surface area contributed by atoms with Crippen molar-refractivity contribution in [2.45, 2.75) is 39.5 Å². The van der Waals surface area contributed by atoms with Crippen LogP contribution in [-0.4, -0.2) is 49.3 Å². The molecule has 0 aliphatic heterocycles. The molecule has 6 nitrogen and oxygen atoms in total. The van der Waals surface area contributed by atoms with Gasteiger partial charge in [0.05, 0.1) is 0 Å². The zero-order valence-corrected chi connectivity index (χ0v) is 12.3. The predicted molar refractivity (Wildman–Crippen MR) is 79.4 cm³/mol. The first kappa shape index (κ1) is 20.1. The van der Waals surface area contributed by atoms with Gasteiger partial charge in [-0.1, -0.05) is 13.8 Å². The van der Waals surface area contributed by atoms with Gasteiger partial charge in [-0.2, -0.15) is 0 Å². The van der Waals surface area contributed by atoms with Crippen LogP contribution in [0.4, 0.5) is 0 Å². The van der Waals surface area contributed by atoms with Crippen LogP contribution in [0.25, 0.3) is 0 Å². The smallest absolute Gasteiger partial charge is 0.0140 e. The second kappa shape index (κ2) is 16.8. The number of hydrazine groups is 2. The van der Waals surface area contributed by atoms with Crippen molar-refractivity contribution in [3.63, 3.8) is 0 Å². The summed E-state index contributed by atoms with van der Waals surface area (Å²) in [5.74, 6) is 11.1. The zero-order chi connectivity index (χ0) is 14.2. The summed E-state index contributed by atoms with van der Waals surface area (Å²) in [6.45, 7) is 9.48. The third kappa shape index (κ3) is 18.1. The van der Waals surface area contributed by atoms with Gasteiger partial charge in [-0.3, -0.25) is 11.7 Å². The first-order chi connectivity index (χ1) is 8.62. The number of hydrogen-bond acceptors (Lipinski definition) is 6. The van der Waals surface area contributed by atoms with Gasteiger partial charge in [0, 0.05) is 26.2 Å². The monoisotopic (exact) mass is 262 g/mol. The lowest BCUT2D eigenvalue weighted by atomic mass is 10.4. The van der Waals surface area contributed by atoms with Crippen LogP contribution in [0.15, 0.2) is 0 Å². The molecule has 6 heteroatoms. The fraction of sp³-hybridized carbons (Fsp3) is 1.00. The Morgan fingerprint density at radius 3 is 1.22 bits per heavy atom. The third-order valence-corrected chi connectivity index (χ3v) is 2.32. The topological polar surface area (TPSA) is 111 Å². The Morgan fingerprint density at radius 1 is 0.667 bits per heavy atom. The van der Waals surface area contributed by atoms with Crippen LogP contribution in [0, 0.1) is 0 Å². The van der Waals surface area contributed by atoms with E-state index in [-0.39, 0.29) is 0 Å². The number of rotatable bonds is 10. The summed E-state index contributed by atoms with van der Waals surface area (Å²) >= 11 is 0. The molecule has 0 aromatic carbocycles. The average molecular weight is 262 g/mol. The quantitative estimate of drug-likeness (QED) is 0.322. The van der Waals surface area contributed by atoms with Gasteiger partial charge in [0.2, 0.25) is 0 Å². The maximum atomic E-state index is 5.55. The first-order valence-electron chi connectivity index (χ1n) is 7.01. The van der Waals surface area contributed by atoms with Crippen LogP contribution in [0.2, 0.25) is 0 Å². The molecule has 0 atom stereocenters. The van der Waals surface area contributed by atoms with E-state index in [1.54, 1.807) is 0 Å². The third-order valence-electron chi connectivity index (χ3n) is 2.32. The number of nitrogens with zero attached hydrogens (tertiary/aromatic N) is 2. The van der Waals surface area contributed by atoms with Gasteiger partial charge in [0.25, 0.3) is 0 Å². The lowest BCUT2D eigenvalue weighted by molar-refractivity contribution is 0.282. The van der Waals surface area contributed by atoms with Gasteiger partial charge in [-0.15, -0.1) is 0 Å². The molecule has 0 fully saturated rings. The molecule has 0 spiro atoms. The predicted octanol–water partition coefficient (Wildman–Crippen LogP) is -0.158. The molecule has 0 rings (SSSR count). The zero-order valence-electron chi connectivity index (χ0n) is 12.3. The van der Waals surface area contributed by atoms with Crippen molar-refractivity contribution in [3.8, 4) is 0 Å². The number of hydrogen-bond donors (Lipinski definition) is 4. The van der Waals surface area contributed by atoms with Crippen molar-refractivity contribution >= 4 is 0 Å². The summed E-state index contributed by atoms with van der Waals surface area (Å²) in [4.78, 5) is 0. The van der Waals surface area contributed by atoms with E-state index in [1.165, 1.54) is 0 Å². The Balaban J connectivity index is 0. The highest BCUT2D eigenvalue weighted by Gasteiger charge is 1.93. The summed E-state index contributed by atoms with van der Waals surface area (Å²) in [5, 5.41) is 3.62. The molecule has 112 valence electrons. The van der Waals surface area contributed by atoms with Gasteiger partial charge in [-0.25, -0.2) is 10.0 Å². The molecular weight excluding hydrogens is 228 g/mol. The molecule has 8 N–H and O–H groups in total. The average Bonchev–Trinajstić information content (AvgIpc) is 2.35. The summed E-state index contributed by atoms with van der Waals surface area (Å²) < 4.78 is 0. The Morgan fingerprint density at radius 2 is 1.00 bits per heavy atom. The second-order valence-corrected chi connectivity index (χ2v) is 4.36. The van der Waals surface area contributed by atoms with Gasteiger partial charge in [0.15, 0.2) is 0 Å². The Hall–Kier alpha value is -0.240. The molecule has 0 aliphatic rings. The van der Waals surface area contributed by atoms with Crippen molar-refractivity contribution in [2.75, 3.05) is 39.3 Å². The SMILES string of the molecule is CCCN(N)CCCN.CCCN(N)CCCN. The minimum absolute atomic E-state index is 0.734. The standard InChI is InChI=1S/2C6H17N3/c2*1-2-5-9(8)6-3-4-7/h2*2-8H2,1H3. The molecule has 0 aromatic heterocycles. The van der Waals surface area contributed by atoms with Crippen LogP contribution in [-0.2, 0) is 0 Å². The summed E-state index contributed by atoms with van der Waals surface area (Å²) in [5.41, 5.74) is 10.6. The Bertz CT molecular complexity index is 129. The van der Waals surface area contributed by atoms with E-state index in [9.17, 15) is 0 Å².